The summed E-state index contributed by atoms with van der Waals surface area (Å²) in [6.07, 6.45) is 10.3. The first-order valence-corrected chi connectivity index (χ1v) is 14.3. The second-order valence-corrected chi connectivity index (χ2v) is 19.9. The standard InChI is InChI=1S/C7H7O.3CH3.Sn/c8-6-7-4-2-1-3-5-7;;;;/h1-4,6H,5H2;3*1H3;. The molecular weight excluding hydrogens is 255 g/mol. The van der Waals surface area contributed by atoms with Crippen LogP contribution in [0.4, 0.5) is 0 Å². The summed E-state index contributed by atoms with van der Waals surface area (Å²) in [5.41, 5.74) is 0. The van der Waals surface area contributed by atoms with Gasteiger partial charge in [0.05, 0.1) is 0 Å². The zero-order valence-electron chi connectivity index (χ0n) is 8.00. The van der Waals surface area contributed by atoms with Crippen molar-refractivity contribution in [2.75, 3.05) is 0 Å². The van der Waals surface area contributed by atoms with Crippen molar-refractivity contribution in [3.05, 3.63) is 24.3 Å². The molecule has 66 valence electrons. The number of hydrogen-bond donors (Lipinski definition) is 0. The molecule has 2 heteroatoms. The molecule has 0 amide bonds. The third-order valence-corrected chi connectivity index (χ3v) is 12.1. The van der Waals surface area contributed by atoms with Crippen LogP contribution in [-0.4, -0.2) is 24.7 Å². The van der Waals surface area contributed by atoms with E-state index in [0.29, 0.717) is 0 Å². The van der Waals surface area contributed by atoms with Crippen molar-refractivity contribution in [3.63, 3.8) is 0 Å². The van der Waals surface area contributed by atoms with Crippen LogP contribution in [0.25, 0.3) is 0 Å². The Kier molecular flexibility index (Phi) is 2.81. The summed E-state index contributed by atoms with van der Waals surface area (Å²) in [5, 5.41) is 0. The van der Waals surface area contributed by atoms with E-state index in [1.165, 1.54) is 6.29 Å². The maximum absolute atomic E-state index is 11.1. The van der Waals surface area contributed by atoms with Gasteiger partial charge in [-0.2, -0.15) is 0 Å². The molecule has 0 radical (unpaired) electrons. The Hall–Kier alpha value is -0.0513. The van der Waals surface area contributed by atoms with Crippen molar-refractivity contribution in [1.29, 1.82) is 0 Å². The molecule has 1 nitrogen and oxygen atoms in total. The molecule has 0 spiro atoms. The summed E-state index contributed by atoms with van der Waals surface area (Å²) in [5.74, 6) is 0. The van der Waals surface area contributed by atoms with Crippen LogP contribution in [0.2, 0.25) is 18.2 Å². The molecule has 1 aliphatic carbocycles. The summed E-state index contributed by atoms with van der Waals surface area (Å²) in [7, 11) is 0. The van der Waals surface area contributed by atoms with E-state index >= 15 is 0 Å². The summed E-state index contributed by atoms with van der Waals surface area (Å²) < 4.78 is -0.0799. The molecule has 0 N–H and O–H groups in total. The fourth-order valence-electron chi connectivity index (χ4n) is 1.46. The van der Waals surface area contributed by atoms with Crippen LogP contribution >= 0.6 is 0 Å². The van der Waals surface area contributed by atoms with Crippen LogP contribution in [0.15, 0.2) is 24.3 Å². The molecule has 0 saturated heterocycles. The Bertz CT molecular complexity index is 235. The third-order valence-electron chi connectivity index (χ3n) is 2.70. The molecule has 0 bridgehead atoms. The number of rotatable bonds is 2. The van der Waals surface area contributed by atoms with Crippen LogP contribution in [0.5, 0.6) is 0 Å². The number of allylic oxidation sites excluding steroid dienone is 4. The van der Waals surface area contributed by atoms with Gasteiger partial charge >= 0.3 is 78.4 Å². The van der Waals surface area contributed by atoms with Gasteiger partial charge < -0.3 is 0 Å². The first-order valence-electron chi connectivity index (χ1n) is 4.32. The van der Waals surface area contributed by atoms with Crippen molar-refractivity contribution >= 4 is 24.7 Å². The number of carbonyl (C=O) groups excluding carboxylic acids is 1. The van der Waals surface area contributed by atoms with Gasteiger partial charge in [0.1, 0.15) is 0 Å². The zero-order valence-corrected chi connectivity index (χ0v) is 10.9. The van der Waals surface area contributed by atoms with Crippen molar-refractivity contribution in [3.8, 4) is 0 Å². The van der Waals surface area contributed by atoms with Gasteiger partial charge in [-0.3, -0.25) is 0 Å². The fraction of sp³-hybridized carbons (Fsp3) is 0.500. The van der Waals surface area contributed by atoms with E-state index in [1.807, 2.05) is 12.2 Å². The van der Waals surface area contributed by atoms with E-state index in [0.717, 1.165) is 6.42 Å². The SMILES string of the molecule is [CH3][Sn]([CH3])([CH3])[C]1(C=O)C=CC=CC1. The monoisotopic (exact) mass is 272 g/mol. The van der Waals surface area contributed by atoms with Gasteiger partial charge in [-0.25, -0.2) is 0 Å². The normalized spacial score (nSPS) is 28.9. The molecule has 0 saturated carbocycles. The van der Waals surface area contributed by atoms with Gasteiger partial charge in [-0.1, -0.05) is 0 Å². The predicted octanol–water partition coefficient (Wildman–Crippen LogP) is 2.78. The summed E-state index contributed by atoms with van der Waals surface area (Å²) >= 11 is -2.14. The van der Waals surface area contributed by atoms with E-state index in [4.69, 9.17) is 0 Å². The van der Waals surface area contributed by atoms with Gasteiger partial charge in [0.2, 0.25) is 0 Å². The summed E-state index contributed by atoms with van der Waals surface area (Å²) in [6, 6.07) is 0. The van der Waals surface area contributed by atoms with Crippen LogP contribution < -0.4 is 0 Å². The van der Waals surface area contributed by atoms with E-state index < -0.39 is 18.4 Å². The second-order valence-electron chi connectivity index (χ2n) is 4.40. The topological polar surface area (TPSA) is 17.1 Å². The van der Waals surface area contributed by atoms with E-state index in [-0.39, 0.29) is 3.43 Å². The van der Waals surface area contributed by atoms with Gasteiger partial charge in [-0.05, 0) is 0 Å². The van der Waals surface area contributed by atoms with Crippen molar-refractivity contribution in [2.24, 2.45) is 0 Å². The van der Waals surface area contributed by atoms with Crippen LogP contribution in [-0.2, 0) is 4.79 Å². The molecule has 12 heavy (non-hydrogen) atoms. The molecule has 0 aromatic rings. The van der Waals surface area contributed by atoms with Crippen LogP contribution in [0.3, 0.4) is 0 Å². The van der Waals surface area contributed by atoms with Crippen LogP contribution in [0.1, 0.15) is 6.42 Å². The Morgan fingerprint density at radius 1 is 1.33 bits per heavy atom. The van der Waals surface area contributed by atoms with E-state index in [1.54, 1.807) is 0 Å². The summed E-state index contributed by atoms with van der Waals surface area (Å²) in [4.78, 5) is 18.0. The minimum absolute atomic E-state index is 0.0799. The van der Waals surface area contributed by atoms with Crippen LogP contribution in [0, 0.1) is 0 Å². The fourth-order valence-corrected chi connectivity index (χ4v) is 6.25. The Morgan fingerprint density at radius 3 is 2.25 bits per heavy atom. The average molecular weight is 271 g/mol. The van der Waals surface area contributed by atoms with Crippen molar-refractivity contribution in [1.82, 2.24) is 0 Å². The molecule has 0 aromatic heterocycles. The molecular formula is C10H16OSn. The van der Waals surface area contributed by atoms with Crippen molar-refractivity contribution in [2.45, 2.75) is 24.7 Å². The first kappa shape index (κ1) is 10.0. The Labute approximate surface area is 78.4 Å². The number of carbonyl (C=O) groups is 1. The first-order chi connectivity index (χ1) is 5.52. The Balaban J connectivity index is 2.99. The van der Waals surface area contributed by atoms with Gasteiger partial charge in [0.15, 0.2) is 0 Å². The zero-order chi connectivity index (χ0) is 9.24. The predicted molar refractivity (Wildman–Crippen MR) is 55.0 cm³/mol. The maximum atomic E-state index is 11.1. The molecule has 1 aliphatic rings. The molecule has 0 aromatic carbocycles. The molecule has 1 atom stereocenters. The van der Waals surface area contributed by atoms with Gasteiger partial charge in [0.25, 0.3) is 0 Å². The molecule has 0 heterocycles. The molecule has 0 fully saturated rings. The third kappa shape index (κ3) is 1.65. The quantitative estimate of drug-likeness (QED) is 0.557. The molecule has 1 unspecified atom stereocenters. The van der Waals surface area contributed by atoms with Crippen molar-refractivity contribution < 1.29 is 4.79 Å². The minimum atomic E-state index is -2.14. The number of hydrogen-bond acceptors (Lipinski definition) is 1. The van der Waals surface area contributed by atoms with Gasteiger partial charge in [-0.15, -0.1) is 0 Å². The molecule has 1 rings (SSSR count). The molecule has 0 aliphatic heterocycles. The van der Waals surface area contributed by atoms with Gasteiger partial charge in [0, 0.05) is 0 Å². The average Bonchev–Trinajstić information content (AvgIpc) is 2.04. The van der Waals surface area contributed by atoms with E-state index in [2.05, 4.69) is 27.0 Å². The summed E-state index contributed by atoms with van der Waals surface area (Å²) in [6.45, 7) is 0. The second kappa shape index (κ2) is 3.36. The Morgan fingerprint density at radius 2 is 2.00 bits per heavy atom. The number of aldehydes is 1. The van der Waals surface area contributed by atoms with E-state index in [9.17, 15) is 4.79 Å².